The minimum atomic E-state index is -1.07. The summed E-state index contributed by atoms with van der Waals surface area (Å²) in [5, 5.41) is 2.68. The SMILES string of the molecule is C[C@H](OC(=O)C1(c2ccccc2F)CCCC1)C(=O)Nc1ccc2[nH]c(=O)[nH]c2c1. The fraction of sp³-hybridized carbons (Fsp3) is 0.318. The molecule has 0 unspecified atom stereocenters. The van der Waals surface area contributed by atoms with Crippen LogP contribution in [0.3, 0.4) is 0 Å². The highest BCUT2D eigenvalue weighted by molar-refractivity contribution is 5.97. The fourth-order valence-electron chi connectivity index (χ4n) is 4.09. The van der Waals surface area contributed by atoms with Gasteiger partial charge in [0.15, 0.2) is 6.10 Å². The van der Waals surface area contributed by atoms with E-state index in [0.717, 1.165) is 12.8 Å². The maximum atomic E-state index is 14.4. The summed E-state index contributed by atoms with van der Waals surface area (Å²) >= 11 is 0. The summed E-state index contributed by atoms with van der Waals surface area (Å²) in [4.78, 5) is 42.2. The molecule has 1 aliphatic rings. The van der Waals surface area contributed by atoms with Crippen LogP contribution in [0.4, 0.5) is 10.1 Å². The molecule has 0 spiro atoms. The Kier molecular flexibility index (Phi) is 5.15. The molecule has 0 saturated heterocycles. The third-order valence-electron chi connectivity index (χ3n) is 5.67. The Morgan fingerprint density at radius 2 is 1.80 bits per heavy atom. The van der Waals surface area contributed by atoms with Gasteiger partial charge in [0, 0.05) is 11.3 Å². The van der Waals surface area contributed by atoms with Crippen LogP contribution < -0.4 is 11.0 Å². The molecular weight excluding hydrogens is 389 g/mol. The molecule has 3 N–H and O–H groups in total. The summed E-state index contributed by atoms with van der Waals surface area (Å²) in [5.41, 5.74) is 0.532. The number of nitrogens with one attached hydrogen (secondary N) is 3. The minimum Gasteiger partial charge on any atom is -0.452 e. The zero-order valence-electron chi connectivity index (χ0n) is 16.5. The van der Waals surface area contributed by atoms with E-state index in [4.69, 9.17) is 4.74 Å². The van der Waals surface area contributed by atoms with Crippen molar-refractivity contribution in [3.63, 3.8) is 0 Å². The summed E-state index contributed by atoms with van der Waals surface area (Å²) in [5.74, 6) is -1.54. The predicted octanol–water partition coefficient (Wildman–Crippen LogP) is 3.38. The molecule has 1 amide bonds. The van der Waals surface area contributed by atoms with Crippen molar-refractivity contribution in [2.75, 3.05) is 5.32 Å². The Labute approximate surface area is 171 Å². The lowest BCUT2D eigenvalue weighted by molar-refractivity contribution is -0.159. The first kappa shape index (κ1) is 19.9. The molecule has 1 aromatic heterocycles. The first-order valence-corrected chi connectivity index (χ1v) is 9.88. The Balaban J connectivity index is 1.49. The van der Waals surface area contributed by atoms with Crippen LogP contribution in [0.5, 0.6) is 0 Å². The number of ether oxygens (including phenoxy) is 1. The number of aromatic nitrogens is 2. The standard InChI is InChI=1S/C22H22FN3O4/c1-13(19(27)24-14-8-9-17-18(12-14)26-21(29)25-17)30-20(28)22(10-4-5-11-22)15-6-2-3-7-16(15)23/h2-3,6-9,12-13H,4-5,10-11H2,1H3,(H,24,27)(H2,25,26,29)/t13-/m0/s1. The Morgan fingerprint density at radius 1 is 1.10 bits per heavy atom. The first-order chi connectivity index (χ1) is 14.4. The van der Waals surface area contributed by atoms with Gasteiger partial charge in [-0.1, -0.05) is 31.0 Å². The van der Waals surface area contributed by atoms with E-state index in [9.17, 15) is 18.8 Å². The molecular formula is C22H22FN3O4. The minimum absolute atomic E-state index is 0.321. The van der Waals surface area contributed by atoms with Crippen LogP contribution >= 0.6 is 0 Å². The van der Waals surface area contributed by atoms with Crippen LogP contribution in [0.15, 0.2) is 47.3 Å². The fourth-order valence-corrected chi connectivity index (χ4v) is 4.09. The molecule has 0 aliphatic heterocycles. The van der Waals surface area contributed by atoms with Crippen LogP contribution in [0.25, 0.3) is 11.0 Å². The number of carbonyl (C=O) groups is 2. The number of fused-ring (bicyclic) bond motifs is 1. The lowest BCUT2D eigenvalue weighted by Gasteiger charge is -2.29. The molecule has 1 atom stereocenters. The normalized spacial score (nSPS) is 16.3. The molecule has 156 valence electrons. The molecule has 8 heteroatoms. The Hall–Kier alpha value is -3.42. The van der Waals surface area contributed by atoms with E-state index in [1.807, 2.05) is 0 Å². The topological polar surface area (TPSA) is 104 Å². The van der Waals surface area contributed by atoms with Crippen molar-refractivity contribution < 1.29 is 18.7 Å². The number of aromatic amines is 2. The number of hydrogen-bond donors (Lipinski definition) is 3. The van der Waals surface area contributed by atoms with Crippen molar-refractivity contribution in [2.24, 2.45) is 0 Å². The smallest absolute Gasteiger partial charge is 0.323 e. The molecule has 0 radical (unpaired) electrons. The van der Waals surface area contributed by atoms with E-state index in [1.54, 1.807) is 36.4 Å². The van der Waals surface area contributed by atoms with Gasteiger partial charge in [-0.3, -0.25) is 9.59 Å². The molecule has 1 fully saturated rings. The second kappa shape index (κ2) is 7.78. The van der Waals surface area contributed by atoms with Gasteiger partial charge in [0.1, 0.15) is 5.82 Å². The average molecular weight is 411 g/mol. The third kappa shape index (κ3) is 3.60. The van der Waals surface area contributed by atoms with Gasteiger partial charge in [0.25, 0.3) is 5.91 Å². The molecule has 1 saturated carbocycles. The van der Waals surface area contributed by atoms with Gasteiger partial charge in [-0.05, 0) is 44.0 Å². The zero-order valence-corrected chi connectivity index (χ0v) is 16.5. The number of esters is 1. The second-order valence-corrected chi connectivity index (χ2v) is 7.65. The highest BCUT2D eigenvalue weighted by Gasteiger charge is 2.46. The number of anilines is 1. The summed E-state index contributed by atoms with van der Waals surface area (Å²) in [6, 6.07) is 11.1. The van der Waals surface area contributed by atoms with Crippen LogP contribution in [0, 0.1) is 5.82 Å². The van der Waals surface area contributed by atoms with Crippen molar-refractivity contribution >= 4 is 28.6 Å². The van der Waals surface area contributed by atoms with Crippen molar-refractivity contribution in [3.05, 3.63) is 64.3 Å². The number of rotatable bonds is 5. The number of hydrogen-bond acceptors (Lipinski definition) is 4. The van der Waals surface area contributed by atoms with E-state index in [1.165, 1.54) is 13.0 Å². The molecule has 1 heterocycles. The van der Waals surface area contributed by atoms with Gasteiger partial charge in [-0.2, -0.15) is 0 Å². The Bertz CT molecular complexity index is 1160. The van der Waals surface area contributed by atoms with Crippen molar-refractivity contribution in [2.45, 2.75) is 44.1 Å². The number of halogens is 1. The van der Waals surface area contributed by atoms with Crippen molar-refractivity contribution in [3.8, 4) is 0 Å². The van der Waals surface area contributed by atoms with E-state index in [-0.39, 0.29) is 5.69 Å². The van der Waals surface area contributed by atoms with Crippen LogP contribution in [0.1, 0.15) is 38.2 Å². The highest BCUT2D eigenvalue weighted by Crippen LogP contribution is 2.43. The number of imidazole rings is 1. The van der Waals surface area contributed by atoms with E-state index < -0.39 is 29.2 Å². The largest absolute Gasteiger partial charge is 0.452 e. The monoisotopic (exact) mass is 411 g/mol. The van der Waals surface area contributed by atoms with Crippen molar-refractivity contribution in [1.29, 1.82) is 0 Å². The maximum absolute atomic E-state index is 14.4. The predicted molar refractivity (Wildman–Crippen MR) is 110 cm³/mol. The molecule has 7 nitrogen and oxygen atoms in total. The lowest BCUT2D eigenvalue weighted by Crippen LogP contribution is -2.40. The van der Waals surface area contributed by atoms with Gasteiger partial charge in [-0.15, -0.1) is 0 Å². The summed E-state index contributed by atoms with van der Waals surface area (Å²) in [6.07, 6.45) is 1.48. The van der Waals surface area contributed by atoms with Gasteiger partial charge in [0.2, 0.25) is 0 Å². The number of amides is 1. The molecule has 0 bridgehead atoms. The maximum Gasteiger partial charge on any atom is 0.323 e. The van der Waals surface area contributed by atoms with E-state index in [2.05, 4.69) is 15.3 Å². The highest BCUT2D eigenvalue weighted by atomic mass is 19.1. The Morgan fingerprint density at radius 3 is 2.53 bits per heavy atom. The van der Waals surface area contributed by atoms with Crippen LogP contribution in [-0.4, -0.2) is 27.9 Å². The first-order valence-electron chi connectivity index (χ1n) is 9.88. The zero-order chi connectivity index (χ0) is 21.3. The number of carbonyl (C=O) groups excluding carboxylic acids is 2. The summed E-state index contributed by atoms with van der Waals surface area (Å²) < 4.78 is 19.9. The van der Waals surface area contributed by atoms with Gasteiger partial charge >= 0.3 is 11.7 Å². The van der Waals surface area contributed by atoms with E-state index >= 15 is 0 Å². The lowest BCUT2D eigenvalue weighted by atomic mass is 9.78. The molecule has 2 aromatic carbocycles. The van der Waals surface area contributed by atoms with Gasteiger partial charge in [-0.25, -0.2) is 9.18 Å². The van der Waals surface area contributed by atoms with Crippen LogP contribution in [-0.2, 0) is 19.7 Å². The molecule has 1 aliphatic carbocycles. The van der Waals surface area contributed by atoms with Gasteiger partial charge < -0.3 is 20.0 Å². The van der Waals surface area contributed by atoms with Crippen LogP contribution in [0.2, 0.25) is 0 Å². The number of H-pyrrole nitrogens is 2. The summed E-state index contributed by atoms with van der Waals surface area (Å²) in [7, 11) is 0. The second-order valence-electron chi connectivity index (χ2n) is 7.65. The third-order valence-corrected chi connectivity index (χ3v) is 5.67. The molecule has 4 rings (SSSR count). The van der Waals surface area contributed by atoms with Gasteiger partial charge in [0.05, 0.1) is 16.4 Å². The average Bonchev–Trinajstić information content (AvgIpc) is 3.34. The molecule has 3 aromatic rings. The summed E-state index contributed by atoms with van der Waals surface area (Å²) in [6.45, 7) is 1.48. The molecule has 30 heavy (non-hydrogen) atoms. The quantitative estimate of drug-likeness (QED) is 0.560. The van der Waals surface area contributed by atoms with Crippen molar-refractivity contribution in [1.82, 2.24) is 9.97 Å². The number of benzene rings is 2. The van der Waals surface area contributed by atoms with E-state index in [0.29, 0.717) is 35.1 Å².